The van der Waals surface area contributed by atoms with Gasteiger partial charge in [-0.25, -0.2) is 8.78 Å². The number of fused-ring (bicyclic) bond motifs is 3. The van der Waals surface area contributed by atoms with Crippen LogP contribution in [-0.2, 0) is 0 Å². The van der Waals surface area contributed by atoms with Gasteiger partial charge < -0.3 is 0 Å². The molecule has 0 spiro atoms. The van der Waals surface area contributed by atoms with Crippen molar-refractivity contribution in [2.24, 2.45) is 16.7 Å². The second-order valence-electron chi connectivity index (χ2n) is 7.89. The van der Waals surface area contributed by atoms with Crippen molar-refractivity contribution in [2.45, 2.75) is 46.1 Å². The standard InChI is InChI=1S/C18H19F2NO2/c1-17(2)9-6-7-18(17,3)12(8-9)21-15(22)10-4-5-11(19)14(20)13(10)16(21)23/h4-5,9,12H,6-8H2,1-3H3. The molecule has 3 atom stereocenters. The molecule has 2 fully saturated rings. The summed E-state index contributed by atoms with van der Waals surface area (Å²) in [6.45, 7) is 6.48. The van der Waals surface area contributed by atoms with E-state index in [-0.39, 0.29) is 22.4 Å². The largest absolute Gasteiger partial charge is 0.271 e. The average Bonchev–Trinajstić information content (AvgIpc) is 2.95. The molecule has 1 aromatic rings. The third-order valence-electron chi connectivity index (χ3n) is 7.04. The smallest absolute Gasteiger partial charge is 0.264 e. The minimum Gasteiger partial charge on any atom is -0.271 e. The quantitative estimate of drug-likeness (QED) is 0.739. The van der Waals surface area contributed by atoms with Crippen molar-refractivity contribution in [1.29, 1.82) is 0 Å². The zero-order valence-electron chi connectivity index (χ0n) is 13.5. The molecule has 2 saturated carbocycles. The highest BCUT2D eigenvalue weighted by Gasteiger charge is 2.65. The van der Waals surface area contributed by atoms with Gasteiger partial charge in [0.15, 0.2) is 11.6 Å². The number of imide groups is 1. The fourth-order valence-electron chi connectivity index (χ4n) is 5.12. The van der Waals surface area contributed by atoms with E-state index in [1.54, 1.807) is 0 Å². The Morgan fingerprint density at radius 1 is 1.13 bits per heavy atom. The van der Waals surface area contributed by atoms with Crippen molar-refractivity contribution in [3.8, 4) is 0 Å². The number of halogens is 2. The minimum atomic E-state index is -1.21. The number of hydrogen-bond acceptors (Lipinski definition) is 2. The van der Waals surface area contributed by atoms with Crippen LogP contribution < -0.4 is 0 Å². The van der Waals surface area contributed by atoms with Crippen molar-refractivity contribution in [2.75, 3.05) is 0 Å². The number of carbonyl (C=O) groups is 2. The van der Waals surface area contributed by atoms with Gasteiger partial charge in [-0.2, -0.15) is 0 Å². The first kappa shape index (κ1) is 14.8. The van der Waals surface area contributed by atoms with Crippen LogP contribution in [-0.4, -0.2) is 22.8 Å². The Hall–Kier alpha value is -1.78. The van der Waals surface area contributed by atoms with E-state index in [1.165, 1.54) is 11.0 Å². The molecule has 2 amide bonds. The summed E-state index contributed by atoms with van der Waals surface area (Å²) >= 11 is 0. The van der Waals surface area contributed by atoms with Crippen LogP contribution in [0.15, 0.2) is 12.1 Å². The van der Waals surface area contributed by atoms with E-state index in [2.05, 4.69) is 20.8 Å². The second kappa shape index (κ2) is 4.19. The Bertz CT molecular complexity index is 758. The SMILES string of the molecule is CC1(C)C2CCC1(C)C(N1C(=O)c3ccc(F)c(F)c3C1=O)C2. The lowest BCUT2D eigenvalue weighted by atomic mass is 9.69. The molecule has 0 saturated heterocycles. The molecule has 3 nitrogen and oxygen atoms in total. The number of nitrogens with zero attached hydrogens (tertiary/aromatic N) is 1. The molecule has 0 N–H and O–H groups in total. The molecule has 0 aromatic heterocycles. The molecule has 122 valence electrons. The Balaban J connectivity index is 1.80. The summed E-state index contributed by atoms with van der Waals surface area (Å²) < 4.78 is 27.5. The monoisotopic (exact) mass is 319 g/mol. The molecular formula is C18H19F2NO2. The maximum atomic E-state index is 14.0. The molecule has 3 aliphatic rings. The Labute approximate surface area is 133 Å². The normalized spacial score (nSPS) is 34.4. The summed E-state index contributed by atoms with van der Waals surface area (Å²) in [6, 6.07) is 1.88. The highest BCUT2D eigenvalue weighted by molar-refractivity contribution is 6.21. The molecule has 5 heteroatoms. The van der Waals surface area contributed by atoms with Crippen LogP contribution in [0.4, 0.5) is 8.78 Å². The maximum Gasteiger partial charge on any atom is 0.264 e. The van der Waals surface area contributed by atoms with Gasteiger partial charge in [0.05, 0.1) is 11.1 Å². The van der Waals surface area contributed by atoms with Gasteiger partial charge in [0, 0.05) is 6.04 Å². The first-order valence-corrected chi connectivity index (χ1v) is 8.06. The van der Waals surface area contributed by atoms with E-state index in [0.29, 0.717) is 5.92 Å². The molecule has 2 aliphatic carbocycles. The van der Waals surface area contributed by atoms with Gasteiger partial charge in [-0.05, 0) is 48.1 Å². The number of benzene rings is 1. The number of hydrogen-bond donors (Lipinski definition) is 0. The van der Waals surface area contributed by atoms with Crippen molar-refractivity contribution in [3.05, 3.63) is 34.9 Å². The average molecular weight is 319 g/mol. The summed E-state index contributed by atoms with van der Waals surface area (Å²) in [6.07, 6.45) is 2.78. The van der Waals surface area contributed by atoms with Crippen molar-refractivity contribution < 1.29 is 18.4 Å². The van der Waals surface area contributed by atoms with E-state index in [0.717, 1.165) is 25.3 Å². The zero-order valence-corrected chi connectivity index (χ0v) is 13.5. The molecule has 23 heavy (non-hydrogen) atoms. The fraction of sp³-hybridized carbons (Fsp3) is 0.556. The molecule has 1 aromatic carbocycles. The molecule has 0 radical (unpaired) electrons. The lowest BCUT2D eigenvalue weighted by molar-refractivity contribution is 0.0317. The van der Waals surface area contributed by atoms with Gasteiger partial charge in [-0.15, -0.1) is 0 Å². The van der Waals surface area contributed by atoms with Crippen LogP contribution in [0.3, 0.4) is 0 Å². The first-order valence-electron chi connectivity index (χ1n) is 8.06. The van der Waals surface area contributed by atoms with Crippen LogP contribution in [0.25, 0.3) is 0 Å². The third kappa shape index (κ3) is 1.53. The highest BCUT2D eigenvalue weighted by Crippen LogP contribution is 2.67. The third-order valence-corrected chi connectivity index (χ3v) is 7.04. The van der Waals surface area contributed by atoms with E-state index >= 15 is 0 Å². The lowest BCUT2D eigenvalue weighted by Crippen LogP contribution is -2.49. The summed E-state index contributed by atoms with van der Waals surface area (Å²) in [7, 11) is 0. The Morgan fingerprint density at radius 3 is 2.39 bits per heavy atom. The molecule has 3 unspecified atom stereocenters. The topological polar surface area (TPSA) is 37.4 Å². The van der Waals surface area contributed by atoms with Crippen LogP contribution in [0.2, 0.25) is 0 Å². The predicted molar refractivity (Wildman–Crippen MR) is 79.9 cm³/mol. The van der Waals surface area contributed by atoms with Crippen molar-refractivity contribution in [1.82, 2.24) is 4.90 Å². The van der Waals surface area contributed by atoms with Gasteiger partial charge >= 0.3 is 0 Å². The van der Waals surface area contributed by atoms with Crippen LogP contribution >= 0.6 is 0 Å². The van der Waals surface area contributed by atoms with Gasteiger partial charge in [-0.1, -0.05) is 20.8 Å². The summed E-state index contributed by atoms with van der Waals surface area (Å²) in [5.74, 6) is -3.03. The van der Waals surface area contributed by atoms with Gasteiger partial charge in [0.2, 0.25) is 0 Å². The predicted octanol–water partition coefficient (Wildman–Crippen LogP) is 3.78. The van der Waals surface area contributed by atoms with Crippen LogP contribution in [0.1, 0.15) is 60.7 Å². The van der Waals surface area contributed by atoms with Gasteiger partial charge in [-0.3, -0.25) is 14.5 Å². The molecule has 4 rings (SSSR count). The van der Waals surface area contributed by atoms with E-state index in [1.807, 2.05) is 0 Å². The van der Waals surface area contributed by atoms with Gasteiger partial charge in [0.1, 0.15) is 0 Å². The van der Waals surface area contributed by atoms with E-state index < -0.39 is 29.0 Å². The zero-order chi connectivity index (χ0) is 16.7. The van der Waals surface area contributed by atoms with Crippen molar-refractivity contribution in [3.63, 3.8) is 0 Å². The Kier molecular flexibility index (Phi) is 2.69. The number of amides is 2. The van der Waals surface area contributed by atoms with E-state index in [4.69, 9.17) is 0 Å². The summed E-state index contributed by atoms with van der Waals surface area (Å²) in [5.41, 5.74) is -0.575. The maximum absolute atomic E-state index is 14.0. The second-order valence-corrected chi connectivity index (χ2v) is 7.89. The minimum absolute atomic E-state index is 0.0157. The van der Waals surface area contributed by atoms with Gasteiger partial charge in [0.25, 0.3) is 11.8 Å². The summed E-state index contributed by atoms with van der Waals surface area (Å²) in [5, 5.41) is 0. The molecule has 1 heterocycles. The number of carbonyl (C=O) groups excluding carboxylic acids is 2. The fourth-order valence-corrected chi connectivity index (χ4v) is 5.12. The summed E-state index contributed by atoms with van der Waals surface area (Å²) in [4.78, 5) is 26.6. The van der Waals surface area contributed by atoms with Crippen molar-refractivity contribution >= 4 is 11.8 Å². The molecule has 2 bridgehead atoms. The highest BCUT2D eigenvalue weighted by atomic mass is 19.2. The first-order chi connectivity index (χ1) is 10.7. The molecular weight excluding hydrogens is 300 g/mol. The van der Waals surface area contributed by atoms with Crippen LogP contribution in [0, 0.1) is 28.4 Å². The Morgan fingerprint density at radius 2 is 1.83 bits per heavy atom. The lowest BCUT2D eigenvalue weighted by Gasteiger charge is -2.42. The number of rotatable bonds is 1. The van der Waals surface area contributed by atoms with E-state index in [9.17, 15) is 18.4 Å². The van der Waals surface area contributed by atoms with Crippen LogP contribution in [0.5, 0.6) is 0 Å². The molecule has 1 aliphatic heterocycles.